The molecule has 4 N–H and O–H groups in total. The summed E-state index contributed by atoms with van der Waals surface area (Å²) in [5, 5.41) is 6.92. The Kier molecular flexibility index (Phi) is 4.51. The van der Waals surface area contributed by atoms with Crippen molar-refractivity contribution in [3.8, 4) is 0 Å². The second-order valence-corrected chi connectivity index (χ2v) is 5.33. The highest BCUT2D eigenvalue weighted by atomic mass is 19.1. The number of rotatable bonds is 4. The highest BCUT2D eigenvalue weighted by Gasteiger charge is 2.07. The standard InChI is InChI=1S/C17H17FN6/c1-11-9-16(24-23-11)22-17(14-3-2-8-20-14)21-15(19)10-12-4-6-13(18)7-5-12/h2-9,20H,10H2,1H3,(H3,19,21,22,23,24). The van der Waals surface area contributed by atoms with Gasteiger partial charge in [-0.25, -0.2) is 14.4 Å². The van der Waals surface area contributed by atoms with Crippen molar-refractivity contribution in [3.63, 3.8) is 0 Å². The number of amidine groups is 2. The van der Waals surface area contributed by atoms with Crippen LogP contribution < -0.4 is 5.73 Å². The number of halogens is 1. The van der Waals surface area contributed by atoms with Crippen LogP contribution in [0.15, 0.2) is 58.6 Å². The van der Waals surface area contributed by atoms with Gasteiger partial charge in [0.2, 0.25) is 0 Å². The number of benzene rings is 1. The van der Waals surface area contributed by atoms with E-state index in [1.54, 1.807) is 18.3 Å². The largest absolute Gasteiger partial charge is 0.387 e. The fraction of sp³-hybridized carbons (Fsp3) is 0.118. The van der Waals surface area contributed by atoms with Crippen molar-refractivity contribution in [2.24, 2.45) is 15.7 Å². The van der Waals surface area contributed by atoms with Crippen molar-refractivity contribution in [2.75, 3.05) is 0 Å². The summed E-state index contributed by atoms with van der Waals surface area (Å²) in [7, 11) is 0. The van der Waals surface area contributed by atoms with E-state index in [0.717, 1.165) is 17.0 Å². The van der Waals surface area contributed by atoms with Crippen LogP contribution in [-0.4, -0.2) is 26.9 Å². The molecular formula is C17H17FN6. The number of aliphatic imine (C=N–C) groups is 2. The van der Waals surface area contributed by atoms with Crippen molar-refractivity contribution < 1.29 is 4.39 Å². The van der Waals surface area contributed by atoms with E-state index in [1.165, 1.54) is 12.1 Å². The number of H-pyrrole nitrogens is 2. The van der Waals surface area contributed by atoms with Crippen LogP contribution in [0.2, 0.25) is 0 Å². The van der Waals surface area contributed by atoms with Gasteiger partial charge in [0.1, 0.15) is 11.7 Å². The van der Waals surface area contributed by atoms with Crippen LogP contribution in [0.1, 0.15) is 17.0 Å². The molecule has 3 aromatic rings. The van der Waals surface area contributed by atoms with Crippen LogP contribution in [0, 0.1) is 12.7 Å². The zero-order valence-corrected chi connectivity index (χ0v) is 13.1. The zero-order valence-electron chi connectivity index (χ0n) is 13.1. The van der Waals surface area contributed by atoms with Gasteiger partial charge in [-0.3, -0.25) is 5.10 Å². The number of nitrogens with one attached hydrogen (secondary N) is 2. The van der Waals surface area contributed by atoms with Gasteiger partial charge in [-0.2, -0.15) is 5.10 Å². The third kappa shape index (κ3) is 3.95. The first kappa shape index (κ1) is 15.7. The molecule has 0 aliphatic carbocycles. The van der Waals surface area contributed by atoms with Gasteiger partial charge < -0.3 is 10.7 Å². The molecule has 122 valence electrons. The second kappa shape index (κ2) is 6.91. The normalized spacial score (nSPS) is 12.6. The molecule has 0 spiro atoms. The Morgan fingerprint density at radius 1 is 1.25 bits per heavy atom. The molecule has 2 aromatic heterocycles. The Balaban J connectivity index is 1.88. The maximum absolute atomic E-state index is 13.0. The quantitative estimate of drug-likeness (QED) is 0.508. The molecule has 0 aliphatic heterocycles. The third-order valence-electron chi connectivity index (χ3n) is 3.30. The highest BCUT2D eigenvalue weighted by molar-refractivity contribution is 6.06. The number of aryl methyl sites for hydroxylation is 1. The first-order valence-electron chi connectivity index (χ1n) is 7.42. The summed E-state index contributed by atoms with van der Waals surface area (Å²) in [5.74, 6) is 1.06. The summed E-state index contributed by atoms with van der Waals surface area (Å²) in [6.07, 6.45) is 2.19. The number of nitrogens with zero attached hydrogens (tertiary/aromatic N) is 3. The van der Waals surface area contributed by atoms with E-state index < -0.39 is 0 Å². The summed E-state index contributed by atoms with van der Waals surface area (Å²) in [5.41, 5.74) is 8.56. The number of aromatic amines is 2. The topological polar surface area (TPSA) is 95.2 Å². The molecule has 0 fully saturated rings. The Hall–Kier alpha value is -3.22. The Morgan fingerprint density at radius 2 is 2.04 bits per heavy atom. The third-order valence-corrected chi connectivity index (χ3v) is 3.30. The minimum absolute atomic E-state index is 0.281. The number of aromatic nitrogens is 3. The Morgan fingerprint density at radius 3 is 2.67 bits per heavy atom. The number of hydrogen-bond acceptors (Lipinski definition) is 2. The lowest BCUT2D eigenvalue weighted by atomic mass is 10.1. The molecule has 0 radical (unpaired) electrons. The molecule has 0 atom stereocenters. The molecule has 0 bridgehead atoms. The smallest absolute Gasteiger partial charge is 0.179 e. The highest BCUT2D eigenvalue weighted by Crippen LogP contribution is 2.12. The van der Waals surface area contributed by atoms with E-state index in [1.807, 2.05) is 25.1 Å². The van der Waals surface area contributed by atoms with Crippen LogP contribution in [0.25, 0.3) is 0 Å². The van der Waals surface area contributed by atoms with E-state index in [4.69, 9.17) is 5.73 Å². The molecule has 0 aliphatic rings. The molecule has 0 amide bonds. The average molecular weight is 324 g/mol. The maximum atomic E-state index is 13.0. The number of nitrogens with two attached hydrogens (primary N) is 1. The predicted molar refractivity (Wildman–Crippen MR) is 92.0 cm³/mol. The lowest BCUT2D eigenvalue weighted by Gasteiger charge is -2.03. The molecule has 2 heterocycles. The summed E-state index contributed by atoms with van der Waals surface area (Å²) >= 11 is 0. The molecule has 0 saturated heterocycles. The summed E-state index contributed by atoms with van der Waals surface area (Å²) in [4.78, 5) is 11.9. The molecule has 0 unspecified atom stereocenters. The van der Waals surface area contributed by atoms with Gasteiger partial charge in [-0.05, 0) is 36.8 Å². The lowest BCUT2D eigenvalue weighted by Crippen LogP contribution is -2.17. The summed E-state index contributed by atoms with van der Waals surface area (Å²) < 4.78 is 13.0. The zero-order chi connectivity index (χ0) is 16.9. The van der Waals surface area contributed by atoms with Crippen LogP contribution in [-0.2, 0) is 6.42 Å². The lowest BCUT2D eigenvalue weighted by molar-refractivity contribution is 0.627. The minimum Gasteiger partial charge on any atom is -0.387 e. The van der Waals surface area contributed by atoms with Gasteiger partial charge in [0.15, 0.2) is 11.7 Å². The van der Waals surface area contributed by atoms with Crippen molar-refractivity contribution >= 4 is 17.5 Å². The van der Waals surface area contributed by atoms with Gasteiger partial charge in [0.25, 0.3) is 0 Å². The van der Waals surface area contributed by atoms with Crippen molar-refractivity contribution in [3.05, 3.63) is 71.4 Å². The minimum atomic E-state index is -0.281. The molecule has 6 nitrogen and oxygen atoms in total. The van der Waals surface area contributed by atoms with Crippen LogP contribution in [0.4, 0.5) is 10.2 Å². The van der Waals surface area contributed by atoms with Crippen molar-refractivity contribution in [2.45, 2.75) is 13.3 Å². The average Bonchev–Trinajstić information content (AvgIpc) is 3.21. The van der Waals surface area contributed by atoms with Gasteiger partial charge >= 0.3 is 0 Å². The van der Waals surface area contributed by atoms with E-state index in [-0.39, 0.29) is 5.82 Å². The van der Waals surface area contributed by atoms with Gasteiger partial charge in [-0.15, -0.1) is 0 Å². The monoisotopic (exact) mass is 324 g/mol. The first-order chi connectivity index (χ1) is 11.6. The van der Waals surface area contributed by atoms with E-state index in [9.17, 15) is 4.39 Å². The van der Waals surface area contributed by atoms with Gasteiger partial charge in [-0.1, -0.05) is 12.1 Å². The molecule has 24 heavy (non-hydrogen) atoms. The van der Waals surface area contributed by atoms with Crippen molar-refractivity contribution in [1.29, 1.82) is 0 Å². The SMILES string of the molecule is Cc1cc(N=C(N=C(N)Cc2ccc(F)cc2)c2ccc[nH]2)n[nH]1. The van der Waals surface area contributed by atoms with Crippen LogP contribution in [0.5, 0.6) is 0 Å². The molecule has 7 heteroatoms. The van der Waals surface area contributed by atoms with Crippen molar-refractivity contribution in [1.82, 2.24) is 15.2 Å². The van der Waals surface area contributed by atoms with Crippen LogP contribution in [0.3, 0.4) is 0 Å². The molecular weight excluding hydrogens is 307 g/mol. The fourth-order valence-electron chi connectivity index (χ4n) is 2.17. The van der Waals surface area contributed by atoms with E-state index in [2.05, 4.69) is 25.2 Å². The second-order valence-electron chi connectivity index (χ2n) is 5.33. The van der Waals surface area contributed by atoms with E-state index in [0.29, 0.717) is 23.9 Å². The maximum Gasteiger partial charge on any atom is 0.179 e. The molecule has 1 aromatic carbocycles. The Labute approximate surface area is 138 Å². The number of hydrogen-bond donors (Lipinski definition) is 3. The van der Waals surface area contributed by atoms with Gasteiger partial charge in [0, 0.05) is 24.4 Å². The summed E-state index contributed by atoms with van der Waals surface area (Å²) in [6, 6.07) is 11.7. The van der Waals surface area contributed by atoms with E-state index >= 15 is 0 Å². The molecule has 3 rings (SSSR count). The predicted octanol–water partition coefficient (Wildman–Crippen LogP) is 2.86. The fourth-order valence-corrected chi connectivity index (χ4v) is 2.17. The summed E-state index contributed by atoms with van der Waals surface area (Å²) in [6.45, 7) is 1.90. The molecule has 0 saturated carbocycles. The van der Waals surface area contributed by atoms with Gasteiger partial charge in [0.05, 0.1) is 5.69 Å². The van der Waals surface area contributed by atoms with Crippen LogP contribution >= 0.6 is 0 Å². The first-order valence-corrected chi connectivity index (χ1v) is 7.42. The Bertz CT molecular complexity index is 859.